The number of anilines is 1. The standard InChI is InChI=1S/C24H26ClNO6/c1-13(6-10-20(27)26-15-7-9-18(25)19(11-15)30-3)5-8-16-22(28)21-17(12-32-24(21)29)14(2)23(16)31-4/h5,7,9,11,28H,6,8,10,12H2,1-4H3,(H,26,27)/b13-5+. The number of hydrogen-bond donors (Lipinski definition) is 2. The van der Waals surface area contributed by atoms with E-state index in [4.69, 9.17) is 25.8 Å². The minimum absolute atomic E-state index is 0.108. The van der Waals surface area contributed by atoms with Gasteiger partial charge in [0, 0.05) is 29.3 Å². The zero-order valence-corrected chi connectivity index (χ0v) is 19.3. The number of ether oxygens (including phenoxy) is 3. The van der Waals surface area contributed by atoms with Crippen molar-refractivity contribution in [2.45, 2.75) is 39.7 Å². The van der Waals surface area contributed by atoms with E-state index >= 15 is 0 Å². The van der Waals surface area contributed by atoms with Crippen molar-refractivity contribution in [3.05, 3.63) is 57.1 Å². The minimum Gasteiger partial charge on any atom is -0.507 e. The first kappa shape index (κ1) is 23.5. The average molecular weight is 460 g/mol. The Hall–Kier alpha value is -3.19. The summed E-state index contributed by atoms with van der Waals surface area (Å²) in [4.78, 5) is 24.3. The van der Waals surface area contributed by atoms with Crippen molar-refractivity contribution in [3.63, 3.8) is 0 Å². The van der Waals surface area contributed by atoms with Gasteiger partial charge in [0.25, 0.3) is 0 Å². The number of aromatic hydroxyl groups is 1. The van der Waals surface area contributed by atoms with Crippen LogP contribution in [0.2, 0.25) is 5.02 Å². The van der Waals surface area contributed by atoms with Gasteiger partial charge in [-0.25, -0.2) is 4.79 Å². The van der Waals surface area contributed by atoms with Crippen LogP contribution in [0.4, 0.5) is 5.69 Å². The molecule has 1 amide bonds. The van der Waals surface area contributed by atoms with Gasteiger partial charge in [0.15, 0.2) is 0 Å². The van der Waals surface area contributed by atoms with E-state index in [9.17, 15) is 14.7 Å². The Balaban J connectivity index is 1.66. The van der Waals surface area contributed by atoms with E-state index in [0.717, 1.165) is 11.1 Å². The quantitative estimate of drug-likeness (QED) is 0.428. The number of nitrogens with one attached hydrogen (secondary N) is 1. The number of hydrogen-bond acceptors (Lipinski definition) is 6. The van der Waals surface area contributed by atoms with Gasteiger partial charge in [0.1, 0.15) is 29.4 Å². The molecule has 0 saturated carbocycles. The van der Waals surface area contributed by atoms with Gasteiger partial charge in [0.05, 0.1) is 19.2 Å². The fourth-order valence-corrected chi connectivity index (χ4v) is 3.87. The minimum atomic E-state index is -0.527. The molecular weight excluding hydrogens is 434 g/mol. The second-order valence-corrected chi connectivity index (χ2v) is 7.97. The lowest BCUT2D eigenvalue weighted by Gasteiger charge is -2.15. The van der Waals surface area contributed by atoms with Crippen molar-refractivity contribution < 1.29 is 28.9 Å². The van der Waals surface area contributed by atoms with Crippen molar-refractivity contribution in [2.75, 3.05) is 19.5 Å². The molecule has 2 aromatic carbocycles. The number of methoxy groups -OCH3 is 2. The monoisotopic (exact) mass is 459 g/mol. The van der Waals surface area contributed by atoms with Gasteiger partial charge >= 0.3 is 5.97 Å². The van der Waals surface area contributed by atoms with Gasteiger partial charge < -0.3 is 24.6 Å². The Kier molecular flexibility index (Phi) is 7.30. The second kappa shape index (κ2) is 9.96. The molecule has 1 aliphatic rings. The third-order valence-electron chi connectivity index (χ3n) is 5.48. The third-order valence-corrected chi connectivity index (χ3v) is 5.80. The highest BCUT2D eigenvalue weighted by Crippen LogP contribution is 2.42. The molecule has 2 aromatic rings. The molecule has 170 valence electrons. The summed E-state index contributed by atoms with van der Waals surface area (Å²) < 4.78 is 15.7. The van der Waals surface area contributed by atoms with Gasteiger partial charge in [-0.3, -0.25) is 4.79 Å². The van der Waals surface area contributed by atoms with Crippen molar-refractivity contribution >= 4 is 29.2 Å². The Morgan fingerprint density at radius 1 is 1.28 bits per heavy atom. The van der Waals surface area contributed by atoms with Crippen LogP contribution in [0.25, 0.3) is 0 Å². The summed E-state index contributed by atoms with van der Waals surface area (Å²) in [5, 5.41) is 14.0. The van der Waals surface area contributed by atoms with Gasteiger partial charge in [-0.2, -0.15) is 0 Å². The number of phenols is 1. The Labute approximate surface area is 191 Å². The lowest BCUT2D eigenvalue weighted by atomic mass is 9.94. The molecule has 8 heteroatoms. The summed E-state index contributed by atoms with van der Waals surface area (Å²) in [6.07, 6.45) is 3.10. The summed E-state index contributed by atoms with van der Waals surface area (Å²) in [5.41, 5.74) is 3.75. The van der Waals surface area contributed by atoms with E-state index in [0.29, 0.717) is 46.2 Å². The van der Waals surface area contributed by atoms with Crippen LogP contribution in [0.3, 0.4) is 0 Å². The normalized spacial score (nSPS) is 12.9. The first-order valence-electron chi connectivity index (χ1n) is 10.1. The zero-order valence-electron chi connectivity index (χ0n) is 18.5. The number of halogens is 1. The number of cyclic esters (lactones) is 1. The van der Waals surface area contributed by atoms with Crippen molar-refractivity contribution in [1.82, 2.24) is 0 Å². The Morgan fingerprint density at radius 2 is 2.03 bits per heavy atom. The molecule has 0 radical (unpaired) electrons. The Bertz CT molecular complexity index is 1090. The molecule has 3 rings (SSSR count). The summed E-state index contributed by atoms with van der Waals surface area (Å²) >= 11 is 6.00. The molecule has 0 atom stereocenters. The summed E-state index contributed by atoms with van der Waals surface area (Å²) in [7, 11) is 3.04. The van der Waals surface area contributed by atoms with Gasteiger partial charge in [-0.15, -0.1) is 0 Å². The van der Waals surface area contributed by atoms with Crippen LogP contribution >= 0.6 is 11.6 Å². The van der Waals surface area contributed by atoms with Crippen LogP contribution in [0.1, 0.15) is 46.8 Å². The molecule has 1 aliphatic heterocycles. The number of esters is 1. The molecule has 1 heterocycles. The summed E-state index contributed by atoms with van der Waals surface area (Å²) in [6, 6.07) is 5.04. The number of phenolic OH excluding ortho intramolecular Hbond substituents is 1. The molecule has 0 unspecified atom stereocenters. The number of amides is 1. The average Bonchev–Trinajstić information content (AvgIpc) is 3.17. The fourth-order valence-electron chi connectivity index (χ4n) is 3.68. The highest BCUT2D eigenvalue weighted by atomic mass is 35.5. The zero-order chi connectivity index (χ0) is 23.4. The largest absolute Gasteiger partial charge is 0.507 e. The van der Waals surface area contributed by atoms with E-state index in [-0.39, 0.29) is 30.2 Å². The maximum absolute atomic E-state index is 12.3. The van der Waals surface area contributed by atoms with Crippen molar-refractivity contribution in [1.29, 1.82) is 0 Å². The topological polar surface area (TPSA) is 94.1 Å². The smallest absolute Gasteiger partial charge is 0.342 e. The molecule has 0 bridgehead atoms. The van der Waals surface area contributed by atoms with Crippen LogP contribution in [0, 0.1) is 6.92 Å². The van der Waals surface area contributed by atoms with E-state index in [1.165, 1.54) is 14.2 Å². The fraction of sp³-hybridized carbons (Fsp3) is 0.333. The predicted molar refractivity (Wildman–Crippen MR) is 122 cm³/mol. The second-order valence-electron chi connectivity index (χ2n) is 7.57. The maximum Gasteiger partial charge on any atom is 0.342 e. The van der Waals surface area contributed by atoms with Crippen LogP contribution in [-0.4, -0.2) is 31.2 Å². The van der Waals surface area contributed by atoms with Crippen LogP contribution < -0.4 is 14.8 Å². The summed E-state index contributed by atoms with van der Waals surface area (Å²) in [6.45, 7) is 3.89. The van der Waals surface area contributed by atoms with Crippen molar-refractivity contribution in [3.8, 4) is 17.2 Å². The molecule has 7 nitrogen and oxygen atoms in total. The van der Waals surface area contributed by atoms with Gasteiger partial charge in [-0.05, 0) is 44.4 Å². The third kappa shape index (κ3) is 4.83. The SMILES string of the molecule is COc1cc(NC(=O)CC/C(C)=C/Cc2c(O)c3c(c(C)c2OC)COC3=O)ccc1Cl. The molecule has 0 saturated heterocycles. The number of rotatable bonds is 8. The number of benzene rings is 2. The predicted octanol–water partition coefficient (Wildman–Crippen LogP) is 4.95. The lowest BCUT2D eigenvalue weighted by molar-refractivity contribution is -0.116. The van der Waals surface area contributed by atoms with Gasteiger partial charge in [0.2, 0.25) is 5.91 Å². The van der Waals surface area contributed by atoms with Gasteiger partial charge in [-0.1, -0.05) is 23.3 Å². The molecule has 32 heavy (non-hydrogen) atoms. The van der Waals surface area contributed by atoms with E-state index in [1.54, 1.807) is 18.2 Å². The van der Waals surface area contributed by atoms with E-state index in [1.807, 2.05) is 19.9 Å². The molecule has 0 spiro atoms. The number of allylic oxidation sites excluding steroid dienone is 2. The molecule has 0 aromatic heterocycles. The lowest BCUT2D eigenvalue weighted by Crippen LogP contribution is -2.11. The van der Waals surface area contributed by atoms with Crippen molar-refractivity contribution in [2.24, 2.45) is 0 Å². The first-order valence-corrected chi connectivity index (χ1v) is 10.5. The van der Waals surface area contributed by atoms with Crippen LogP contribution in [-0.2, 0) is 22.6 Å². The number of fused-ring (bicyclic) bond motifs is 1. The molecule has 0 fully saturated rings. The number of carbonyl (C=O) groups is 2. The Morgan fingerprint density at radius 3 is 2.72 bits per heavy atom. The molecule has 0 aliphatic carbocycles. The number of carbonyl (C=O) groups excluding carboxylic acids is 2. The van der Waals surface area contributed by atoms with Crippen LogP contribution in [0.15, 0.2) is 29.8 Å². The maximum atomic E-state index is 12.3. The first-order chi connectivity index (χ1) is 15.3. The van der Waals surface area contributed by atoms with Crippen LogP contribution in [0.5, 0.6) is 17.2 Å². The highest BCUT2D eigenvalue weighted by molar-refractivity contribution is 6.32. The molecule has 2 N–H and O–H groups in total. The van der Waals surface area contributed by atoms with E-state index in [2.05, 4.69) is 5.32 Å². The highest BCUT2D eigenvalue weighted by Gasteiger charge is 2.31. The van der Waals surface area contributed by atoms with E-state index < -0.39 is 5.97 Å². The molecular formula is C24H26ClNO6. The summed E-state index contributed by atoms with van der Waals surface area (Å²) in [5.74, 6) is 0.253.